The molecule has 0 aliphatic carbocycles. The standard InChI is InChI=1S/C18H22N4O4/c23-16-6-9-21(18(25)20-16)10-7-17(24)22(13-15-5-3-11-26-15)12-14-4-1-2-8-19-14/h1-2,4,6,8-9,15H,3,5,7,10-13H2,(H,20,23,25)/t15-/m0/s1. The van der Waals surface area contributed by atoms with Crippen LogP contribution in [-0.4, -0.2) is 44.6 Å². The van der Waals surface area contributed by atoms with E-state index in [1.165, 1.54) is 16.8 Å². The highest BCUT2D eigenvalue weighted by Crippen LogP contribution is 2.15. The van der Waals surface area contributed by atoms with Crippen LogP contribution in [0.25, 0.3) is 0 Å². The van der Waals surface area contributed by atoms with E-state index in [1.54, 1.807) is 11.1 Å². The Balaban J connectivity index is 1.66. The van der Waals surface area contributed by atoms with Gasteiger partial charge in [0.05, 0.1) is 18.3 Å². The van der Waals surface area contributed by atoms with Gasteiger partial charge >= 0.3 is 5.69 Å². The second-order valence-corrected chi connectivity index (χ2v) is 6.28. The van der Waals surface area contributed by atoms with Crippen molar-refractivity contribution in [3.8, 4) is 0 Å². The smallest absolute Gasteiger partial charge is 0.328 e. The zero-order valence-corrected chi connectivity index (χ0v) is 14.5. The molecule has 2 aromatic rings. The van der Waals surface area contributed by atoms with Crippen LogP contribution in [0.4, 0.5) is 0 Å². The SMILES string of the molecule is O=C(CCn1ccc(=O)[nH]c1=O)N(Cc1ccccn1)C[C@@H]1CCCO1. The first-order valence-electron chi connectivity index (χ1n) is 8.71. The van der Waals surface area contributed by atoms with Crippen molar-refractivity contribution in [1.29, 1.82) is 0 Å². The Morgan fingerprint density at radius 1 is 1.35 bits per heavy atom. The van der Waals surface area contributed by atoms with Crippen LogP contribution in [0.3, 0.4) is 0 Å². The molecule has 8 heteroatoms. The summed E-state index contributed by atoms with van der Waals surface area (Å²) in [5.74, 6) is -0.0794. The van der Waals surface area contributed by atoms with Crippen molar-refractivity contribution in [2.75, 3.05) is 13.2 Å². The molecule has 2 aromatic heterocycles. The lowest BCUT2D eigenvalue weighted by Crippen LogP contribution is -2.38. The number of carbonyl (C=O) groups is 1. The average molecular weight is 358 g/mol. The van der Waals surface area contributed by atoms with E-state index >= 15 is 0 Å². The molecular formula is C18H22N4O4. The maximum atomic E-state index is 12.7. The molecule has 1 amide bonds. The number of rotatable bonds is 7. The number of ether oxygens (including phenoxy) is 1. The number of nitrogens with zero attached hydrogens (tertiary/aromatic N) is 3. The molecule has 0 aromatic carbocycles. The summed E-state index contributed by atoms with van der Waals surface area (Å²) >= 11 is 0. The van der Waals surface area contributed by atoms with E-state index in [0.29, 0.717) is 13.1 Å². The van der Waals surface area contributed by atoms with Crippen molar-refractivity contribution in [2.24, 2.45) is 0 Å². The summed E-state index contributed by atoms with van der Waals surface area (Å²) < 4.78 is 6.98. The number of hydrogen-bond donors (Lipinski definition) is 1. The van der Waals surface area contributed by atoms with Gasteiger partial charge in [0.1, 0.15) is 0 Å². The highest BCUT2D eigenvalue weighted by Gasteiger charge is 2.23. The third kappa shape index (κ3) is 4.89. The fraction of sp³-hybridized carbons (Fsp3) is 0.444. The minimum Gasteiger partial charge on any atom is -0.376 e. The molecule has 1 fully saturated rings. The second-order valence-electron chi connectivity index (χ2n) is 6.28. The van der Waals surface area contributed by atoms with Crippen LogP contribution >= 0.6 is 0 Å². The number of amides is 1. The lowest BCUT2D eigenvalue weighted by molar-refractivity contribution is -0.133. The highest BCUT2D eigenvalue weighted by atomic mass is 16.5. The molecule has 138 valence electrons. The van der Waals surface area contributed by atoms with E-state index in [1.807, 2.05) is 18.2 Å². The Morgan fingerprint density at radius 2 is 2.23 bits per heavy atom. The molecular weight excluding hydrogens is 336 g/mol. The summed E-state index contributed by atoms with van der Waals surface area (Å²) in [7, 11) is 0. The van der Waals surface area contributed by atoms with E-state index in [-0.39, 0.29) is 25.0 Å². The predicted molar refractivity (Wildman–Crippen MR) is 94.6 cm³/mol. The summed E-state index contributed by atoms with van der Waals surface area (Å²) in [6.07, 6.45) is 5.24. The number of aromatic amines is 1. The first kappa shape index (κ1) is 18.1. The number of carbonyl (C=O) groups excluding carboxylic acids is 1. The van der Waals surface area contributed by atoms with E-state index < -0.39 is 11.2 Å². The van der Waals surface area contributed by atoms with Gasteiger partial charge in [-0.15, -0.1) is 0 Å². The van der Waals surface area contributed by atoms with E-state index in [4.69, 9.17) is 4.74 Å². The van der Waals surface area contributed by atoms with Gasteiger partial charge in [-0.2, -0.15) is 0 Å². The van der Waals surface area contributed by atoms with Crippen molar-refractivity contribution in [1.82, 2.24) is 19.4 Å². The van der Waals surface area contributed by atoms with E-state index in [2.05, 4.69) is 9.97 Å². The third-order valence-electron chi connectivity index (χ3n) is 4.34. The lowest BCUT2D eigenvalue weighted by Gasteiger charge is -2.25. The number of nitrogens with one attached hydrogen (secondary N) is 1. The van der Waals surface area contributed by atoms with Crippen molar-refractivity contribution in [3.63, 3.8) is 0 Å². The van der Waals surface area contributed by atoms with Gasteiger partial charge in [0.25, 0.3) is 5.56 Å². The zero-order valence-electron chi connectivity index (χ0n) is 14.5. The molecule has 1 aliphatic rings. The molecule has 0 unspecified atom stereocenters. The predicted octanol–water partition coefficient (Wildman–Crippen LogP) is 0.529. The highest BCUT2D eigenvalue weighted by molar-refractivity contribution is 5.76. The van der Waals surface area contributed by atoms with Crippen LogP contribution in [0.2, 0.25) is 0 Å². The number of H-pyrrole nitrogens is 1. The molecule has 3 rings (SSSR count). The van der Waals surface area contributed by atoms with Crippen LogP contribution < -0.4 is 11.2 Å². The van der Waals surface area contributed by atoms with Crippen LogP contribution in [-0.2, 0) is 22.6 Å². The van der Waals surface area contributed by atoms with Gasteiger partial charge in [-0.25, -0.2) is 4.79 Å². The number of aromatic nitrogens is 3. The number of pyridine rings is 1. The minimum atomic E-state index is -0.513. The molecule has 0 spiro atoms. The van der Waals surface area contributed by atoms with Gasteiger partial charge in [-0.1, -0.05) is 6.07 Å². The topological polar surface area (TPSA) is 97.3 Å². The van der Waals surface area contributed by atoms with Gasteiger partial charge in [0.2, 0.25) is 5.91 Å². The minimum absolute atomic E-state index is 0.0402. The van der Waals surface area contributed by atoms with Gasteiger partial charge in [0, 0.05) is 44.6 Å². The summed E-state index contributed by atoms with van der Waals surface area (Å²) in [6, 6.07) is 6.86. The van der Waals surface area contributed by atoms with Crippen molar-refractivity contribution < 1.29 is 9.53 Å². The Morgan fingerprint density at radius 3 is 2.92 bits per heavy atom. The molecule has 3 heterocycles. The van der Waals surface area contributed by atoms with E-state index in [9.17, 15) is 14.4 Å². The lowest BCUT2D eigenvalue weighted by atomic mass is 10.2. The molecule has 1 aliphatic heterocycles. The summed E-state index contributed by atoms with van der Waals surface area (Å²) in [5.41, 5.74) is -0.159. The summed E-state index contributed by atoms with van der Waals surface area (Å²) in [5, 5.41) is 0. The second kappa shape index (κ2) is 8.57. The molecule has 8 nitrogen and oxygen atoms in total. The first-order valence-corrected chi connectivity index (χ1v) is 8.71. The van der Waals surface area contributed by atoms with E-state index in [0.717, 1.165) is 25.1 Å². The van der Waals surface area contributed by atoms with Gasteiger partial charge < -0.3 is 14.2 Å². The normalized spacial score (nSPS) is 16.5. The Labute approximate surface area is 150 Å². The monoisotopic (exact) mass is 358 g/mol. The van der Waals surface area contributed by atoms with Gasteiger partial charge in [-0.05, 0) is 25.0 Å². The summed E-state index contributed by atoms with van der Waals surface area (Å²) in [6.45, 7) is 1.84. The van der Waals surface area contributed by atoms with Crippen molar-refractivity contribution >= 4 is 5.91 Å². The Hall–Kier alpha value is -2.74. The number of hydrogen-bond acceptors (Lipinski definition) is 5. The number of aryl methyl sites for hydroxylation is 1. The van der Waals surface area contributed by atoms with Crippen LogP contribution in [0.15, 0.2) is 46.2 Å². The largest absolute Gasteiger partial charge is 0.376 e. The third-order valence-corrected chi connectivity index (χ3v) is 4.34. The fourth-order valence-electron chi connectivity index (χ4n) is 2.97. The Bertz CT molecular complexity index is 840. The maximum absolute atomic E-state index is 12.7. The molecule has 26 heavy (non-hydrogen) atoms. The van der Waals surface area contributed by atoms with Gasteiger partial charge in [0.15, 0.2) is 0 Å². The molecule has 1 atom stereocenters. The van der Waals surface area contributed by atoms with Crippen LogP contribution in [0, 0.1) is 0 Å². The molecule has 0 saturated carbocycles. The van der Waals surface area contributed by atoms with Crippen LogP contribution in [0.5, 0.6) is 0 Å². The molecule has 1 N–H and O–H groups in total. The molecule has 0 radical (unpaired) electrons. The molecule has 1 saturated heterocycles. The molecule has 0 bridgehead atoms. The first-order chi connectivity index (χ1) is 12.6. The summed E-state index contributed by atoms with van der Waals surface area (Å²) in [4.78, 5) is 43.8. The van der Waals surface area contributed by atoms with Crippen LogP contribution in [0.1, 0.15) is 25.0 Å². The fourth-order valence-corrected chi connectivity index (χ4v) is 2.97. The Kier molecular flexibility index (Phi) is 5.96. The quantitative estimate of drug-likeness (QED) is 0.779. The van der Waals surface area contributed by atoms with Gasteiger partial charge in [-0.3, -0.25) is 19.6 Å². The van der Waals surface area contributed by atoms with Crippen molar-refractivity contribution in [3.05, 3.63) is 63.2 Å². The average Bonchev–Trinajstić information content (AvgIpc) is 3.14. The van der Waals surface area contributed by atoms with Crippen molar-refractivity contribution in [2.45, 2.75) is 38.5 Å². The maximum Gasteiger partial charge on any atom is 0.328 e. The zero-order chi connectivity index (χ0) is 18.4.